The normalized spacial score (nSPS) is 11.9. The quantitative estimate of drug-likeness (QED) is 0.295. The number of carbonyl (C=O) groups excluding carboxylic acids is 1. The van der Waals surface area contributed by atoms with E-state index < -0.39 is 0 Å². The Kier molecular flexibility index (Phi) is 8.16. The molecule has 8 heteroatoms. The van der Waals surface area contributed by atoms with Crippen LogP contribution in [0.1, 0.15) is 43.1 Å². The second kappa shape index (κ2) is 11.0. The van der Waals surface area contributed by atoms with E-state index in [-0.39, 0.29) is 17.6 Å². The van der Waals surface area contributed by atoms with Gasteiger partial charge >= 0.3 is 0 Å². The van der Waals surface area contributed by atoms with Gasteiger partial charge in [-0.2, -0.15) is 0 Å². The number of Topliss-reactive ketones (excluding diaryl/α,β-unsaturated/α-hetero) is 1. The second-order valence-electron chi connectivity index (χ2n) is 7.72. The first-order chi connectivity index (χ1) is 15.4. The van der Waals surface area contributed by atoms with Crippen LogP contribution in [0.15, 0.2) is 53.7 Å². The van der Waals surface area contributed by atoms with Gasteiger partial charge in [0, 0.05) is 18.2 Å². The van der Waals surface area contributed by atoms with Crippen LogP contribution in [0.5, 0.6) is 17.2 Å². The van der Waals surface area contributed by atoms with Gasteiger partial charge in [0.1, 0.15) is 17.2 Å². The Morgan fingerprint density at radius 3 is 2.31 bits per heavy atom. The average Bonchev–Trinajstić information content (AvgIpc) is 3.19. The van der Waals surface area contributed by atoms with Crippen molar-refractivity contribution in [1.82, 2.24) is 14.8 Å². The minimum Gasteiger partial charge on any atom is -0.497 e. The third kappa shape index (κ3) is 6.03. The van der Waals surface area contributed by atoms with E-state index in [9.17, 15) is 4.79 Å². The van der Waals surface area contributed by atoms with Crippen LogP contribution in [-0.4, -0.2) is 40.5 Å². The first kappa shape index (κ1) is 23.7. The van der Waals surface area contributed by atoms with Crippen LogP contribution in [0.2, 0.25) is 0 Å². The van der Waals surface area contributed by atoms with Crippen molar-refractivity contribution < 1.29 is 19.0 Å². The fourth-order valence-corrected chi connectivity index (χ4v) is 4.02. The van der Waals surface area contributed by atoms with Crippen molar-refractivity contribution in [2.75, 3.05) is 20.0 Å². The zero-order valence-electron chi connectivity index (χ0n) is 19.1. The molecule has 3 aromatic rings. The molecule has 0 aliphatic rings. The number of benzene rings is 2. The van der Waals surface area contributed by atoms with E-state index in [1.165, 1.54) is 11.8 Å². The number of hydrogen-bond donors (Lipinski definition) is 0. The molecule has 1 heterocycles. The van der Waals surface area contributed by atoms with Crippen LogP contribution in [0.3, 0.4) is 0 Å². The van der Waals surface area contributed by atoms with Gasteiger partial charge in [-0.15, -0.1) is 10.2 Å². The summed E-state index contributed by atoms with van der Waals surface area (Å²) in [7, 11) is 3.23. The van der Waals surface area contributed by atoms with Crippen LogP contribution in [0, 0.1) is 5.92 Å². The lowest BCUT2D eigenvalue weighted by atomic mass is 10.1. The van der Waals surface area contributed by atoms with Crippen LogP contribution in [-0.2, 0) is 6.54 Å². The number of ether oxygens (including phenoxy) is 3. The van der Waals surface area contributed by atoms with E-state index in [2.05, 4.69) is 24.0 Å². The molecule has 2 aromatic carbocycles. The maximum Gasteiger partial charge on any atom is 0.191 e. The summed E-state index contributed by atoms with van der Waals surface area (Å²) in [5.41, 5.74) is 0.642. The van der Waals surface area contributed by atoms with Crippen molar-refractivity contribution in [3.8, 4) is 17.2 Å². The molecule has 7 nitrogen and oxygen atoms in total. The summed E-state index contributed by atoms with van der Waals surface area (Å²) in [5.74, 6) is 3.55. The SMILES string of the molecule is COc1ccc(C(=O)CSc2nnc(C(C)Oc3cccc(OC)c3)n2CC(C)C)cc1. The highest BCUT2D eigenvalue weighted by atomic mass is 32.2. The molecular weight excluding hydrogens is 426 g/mol. The molecule has 0 N–H and O–H groups in total. The zero-order chi connectivity index (χ0) is 23.1. The van der Waals surface area contributed by atoms with Crippen molar-refractivity contribution in [2.45, 2.75) is 38.6 Å². The van der Waals surface area contributed by atoms with E-state index in [1.54, 1.807) is 38.5 Å². The Morgan fingerprint density at radius 2 is 1.66 bits per heavy atom. The minimum absolute atomic E-state index is 0.0268. The molecule has 0 radical (unpaired) electrons. The van der Waals surface area contributed by atoms with Gasteiger partial charge in [-0.05, 0) is 49.2 Å². The predicted molar refractivity (Wildman–Crippen MR) is 125 cm³/mol. The van der Waals surface area contributed by atoms with Crippen molar-refractivity contribution in [1.29, 1.82) is 0 Å². The fraction of sp³-hybridized carbons (Fsp3) is 0.375. The molecule has 32 heavy (non-hydrogen) atoms. The molecule has 170 valence electrons. The van der Waals surface area contributed by atoms with Crippen molar-refractivity contribution >= 4 is 17.5 Å². The molecule has 1 aromatic heterocycles. The molecule has 0 saturated carbocycles. The van der Waals surface area contributed by atoms with Crippen molar-refractivity contribution in [3.63, 3.8) is 0 Å². The average molecular weight is 456 g/mol. The zero-order valence-corrected chi connectivity index (χ0v) is 19.9. The number of aromatic nitrogens is 3. The highest BCUT2D eigenvalue weighted by Gasteiger charge is 2.21. The standard InChI is InChI=1S/C24H29N3O4S/c1-16(2)14-27-23(17(3)31-21-8-6-7-20(13-21)30-5)25-26-24(27)32-15-22(28)18-9-11-19(29-4)12-10-18/h6-13,16-17H,14-15H2,1-5H3. The first-order valence-corrected chi connectivity index (χ1v) is 11.4. The lowest BCUT2D eigenvalue weighted by Crippen LogP contribution is -2.15. The second-order valence-corrected chi connectivity index (χ2v) is 8.67. The molecule has 0 aliphatic heterocycles. The largest absolute Gasteiger partial charge is 0.497 e. The summed E-state index contributed by atoms with van der Waals surface area (Å²) in [6.07, 6.45) is -0.319. The predicted octanol–water partition coefficient (Wildman–Crippen LogP) is 5.07. The smallest absolute Gasteiger partial charge is 0.191 e. The number of ketones is 1. The molecule has 0 spiro atoms. The Morgan fingerprint density at radius 1 is 0.969 bits per heavy atom. The molecule has 0 aliphatic carbocycles. The lowest BCUT2D eigenvalue weighted by molar-refractivity contribution is 0.102. The van der Waals surface area contributed by atoms with Crippen LogP contribution >= 0.6 is 11.8 Å². The fourth-order valence-electron chi connectivity index (χ4n) is 3.17. The van der Waals surface area contributed by atoms with E-state index in [4.69, 9.17) is 14.2 Å². The maximum atomic E-state index is 12.6. The van der Waals surface area contributed by atoms with Crippen LogP contribution < -0.4 is 14.2 Å². The number of thioether (sulfide) groups is 1. The molecule has 1 unspecified atom stereocenters. The van der Waals surface area contributed by atoms with E-state index in [0.717, 1.165) is 23.9 Å². The number of carbonyl (C=O) groups is 1. The molecule has 0 fully saturated rings. The van der Waals surface area contributed by atoms with Gasteiger partial charge in [-0.1, -0.05) is 31.7 Å². The van der Waals surface area contributed by atoms with Crippen LogP contribution in [0.25, 0.3) is 0 Å². The van der Waals surface area contributed by atoms with Gasteiger partial charge in [0.15, 0.2) is 22.9 Å². The van der Waals surface area contributed by atoms with Gasteiger partial charge in [0.25, 0.3) is 0 Å². The van der Waals surface area contributed by atoms with Gasteiger partial charge in [0.05, 0.1) is 20.0 Å². The van der Waals surface area contributed by atoms with Crippen molar-refractivity contribution in [2.24, 2.45) is 5.92 Å². The summed E-state index contributed by atoms with van der Waals surface area (Å²) < 4.78 is 18.6. The summed E-state index contributed by atoms with van der Waals surface area (Å²) in [6, 6.07) is 14.6. The molecule has 0 saturated heterocycles. The number of hydrogen-bond acceptors (Lipinski definition) is 7. The van der Waals surface area contributed by atoms with E-state index in [1.807, 2.05) is 35.8 Å². The highest BCUT2D eigenvalue weighted by Crippen LogP contribution is 2.28. The topological polar surface area (TPSA) is 75.5 Å². The third-order valence-corrected chi connectivity index (χ3v) is 5.72. The summed E-state index contributed by atoms with van der Waals surface area (Å²) in [6.45, 7) is 6.94. The van der Waals surface area contributed by atoms with Gasteiger partial charge in [0.2, 0.25) is 0 Å². The summed E-state index contributed by atoms with van der Waals surface area (Å²) in [4.78, 5) is 12.6. The van der Waals surface area contributed by atoms with Gasteiger partial charge < -0.3 is 18.8 Å². The lowest BCUT2D eigenvalue weighted by Gasteiger charge is -2.18. The van der Waals surface area contributed by atoms with Crippen molar-refractivity contribution in [3.05, 3.63) is 59.9 Å². The Balaban J connectivity index is 1.74. The summed E-state index contributed by atoms with van der Waals surface area (Å²) in [5, 5.41) is 9.45. The Bertz CT molecular complexity index is 1030. The van der Waals surface area contributed by atoms with Gasteiger partial charge in [-0.3, -0.25) is 4.79 Å². The van der Waals surface area contributed by atoms with Gasteiger partial charge in [-0.25, -0.2) is 0 Å². The third-order valence-electron chi connectivity index (χ3n) is 4.76. The van der Waals surface area contributed by atoms with Crippen LogP contribution in [0.4, 0.5) is 0 Å². The van der Waals surface area contributed by atoms with E-state index in [0.29, 0.717) is 22.4 Å². The molecule has 0 amide bonds. The number of nitrogens with zero attached hydrogens (tertiary/aromatic N) is 3. The minimum atomic E-state index is -0.319. The first-order valence-electron chi connectivity index (χ1n) is 10.4. The monoisotopic (exact) mass is 455 g/mol. The molecule has 3 rings (SSSR count). The molecular formula is C24H29N3O4S. The molecule has 0 bridgehead atoms. The maximum absolute atomic E-state index is 12.6. The summed E-state index contributed by atoms with van der Waals surface area (Å²) >= 11 is 1.39. The number of rotatable bonds is 11. The highest BCUT2D eigenvalue weighted by molar-refractivity contribution is 7.99. The number of methoxy groups -OCH3 is 2. The Hall–Kier alpha value is -3.00. The van der Waals surface area contributed by atoms with E-state index >= 15 is 0 Å². The Labute approximate surface area is 193 Å². The molecule has 1 atom stereocenters.